The number of hydrogen-bond acceptors (Lipinski definition) is 15. The molecule has 2 saturated heterocycles. The van der Waals surface area contributed by atoms with Crippen LogP contribution in [0.3, 0.4) is 0 Å². The molecule has 0 aliphatic carbocycles. The molecule has 18 N–H and O–H groups in total. The van der Waals surface area contributed by atoms with Gasteiger partial charge >= 0.3 is 5.97 Å². The van der Waals surface area contributed by atoms with E-state index in [1.54, 1.807) is 13.8 Å². The molecule has 0 saturated carbocycles. The van der Waals surface area contributed by atoms with Crippen LogP contribution < -0.4 is 60.2 Å². The van der Waals surface area contributed by atoms with E-state index in [0.717, 1.165) is 13.8 Å². The first kappa shape index (κ1) is 63.4. The first-order valence-electron chi connectivity index (χ1n) is 24.9. The number of amides is 10. The van der Waals surface area contributed by atoms with E-state index in [0.29, 0.717) is 12.8 Å². The molecule has 0 spiro atoms. The first-order chi connectivity index (χ1) is 34.6. The van der Waals surface area contributed by atoms with E-state index in [-0.39, 0.29) is 88.8 Å². The summed E-state index contributed by atoms with van der Waals surface area (Å²) < 4.78 is 0. The van der Waals surface area contributed by atoms with Crippen LogP contribution in [0.4, 0.5) is 0 Å². The number of likely N-dealkylation sites (tertiary alicyclic amines) is 2. The molecule has 2 rings (SSSR count). The smallest absolute Gasteiger partial charge is 0.325 e. The molecule has 0 radical (unpaired) electrons. The molecular formula is C46H80N14O14. The standard InChI is InChI=1S/C46H80N14O14/c1-22(2)19-29(55-37(65)27(47)14-15-34(48)63)38(66)52-24(5)36(64)54-28(11-8-16-51-46(49)50)43(71)60-18-10-13-33(60)44(72)59-17-9-12-32(59)41(69)56-30(20-23(3)4)39(67)57-31(21-61)40(68)58-35(26(7)62)42(70)53-25(6)45(73)74/h22-33,35,61-62H,8-21,47H2,1-7H3,(H2,48,63)(H,52,66)(H,53,70)(H,54,64)(H,55,65)(H,56,69)(H,57,67)(H,58,68)(H,73,74)(H4,49,50,51)/t24-,25-,26+,27-,28-,29-,30-,31-,32-,33-,35-/m0/s1. The van der Waals surface area contributed by atoms with Crippen LogP contribution in [0.1, 0.15) is 113 Å². The van der Waals surface area contributed by atoms with Gasteiger partial charge in [-0.25, -0.2) is 0 Å². The summed E-state index contributed by atoms with van der Waals surface area (Å²) in [4.78, 5) is 152. The Morgan fingerprint density at radius 2 is 1.12 bits per heavy atom. The molecule has 2 fully saturated rings. The summed E-state index contributed by atoms with van der Waals surface area (Å²) in [6.45, 7) is 10.2. The average Bonchev–Trinajstić information content (AvgIpc) is 4.02. The zero-order chi connectivity index (χ0) is 56.1. The van der Waals surface area contributed by atoms with Crippen molar-refractivity contribution in [1.29, 1.82) is 0 Å². The normalized spacial score (nSPS) is 19.0. The zero-order valence-corrected chi connectivity index (χ0v) is 43.4. The van der Waals surface area contributed by atoms with Crippen LogP contribution in [-0.4, -0.2) is 189 Å². The van der Waals surface area contributed by atoms with Gasteiger partial charge in [-0.3, -0.25) is 57.7 Å². The van der Waals surface area contributed by atoms with Crippen LogP contribution in [0.2, 0.25) is 0 Å². The lowest BCUT2D eigenvalue weighted by Crippen LogP contribution is -2.61. The van der Waals surface area contributed by atoms with Gasteiger partial charge in [0.15, 0.2) is 5.96 Å². The molecule has 0 bridgehead atoms. The van der Waals surface area contributed by atoms with E-state index in [2.05, 4.69) is 42.2 Å². The number of carbonyl (C=O) groups is 11. The largest absolute Gasteiger partial charge is 0.480 e. The Bertz CT molecular complexity index is 2040. The molecule has 28 heteroatoms. The number of rotatable bonds is 30. The third kappa shape index (κ3) is 20.3. The molecule has 28 nitrogen and oxygen atoms in total. The quantitative estimate of drug-likeness (QED) is 0.0181. The summed E-state index contributed by atoms with van der Waals surface area (Å²) >= 11 is 0. The van der Waals surface area contributed by atoms with Crippen LogP contribution in [0, 0.1) is 11.8 Å². The molecule has 418 valence electrons. The first-order valence-corrected chi connectivity index (χ1v) is 24.9. The number of aliphatic hydroxyl groups is 2. The van der Waals surface area contributed by atoms with Crippen molar-refractivity contribution in [2.24, 2.45) is 39.8 Å². The number of guanidine groups is 1. The highest BCUT2D eigenvalue weighted by atomic mass is 16.4. The van der Waals surface area contributed by atoms with E-state index in [9.17, 15) is 63.0 Å². The molecule has 11 atom stereocenters. The SMILES string of the molecule is CC(C)C[C@H](NC(=O)[C@@H](N)CCC(N)=O)C(=O)N[C@@H](C)C(=O)N[C@@H](CCCN=C(N)N)C(=O)N1CCC[C@H]1C(=O)N1CCC[C@H]1C(=O)N[C@@H](CC(C)C)C(=O)N[C@@H](CO)C(=O)N[C@H](C(=O)N[C@@H](C)C(=O)O)[C@@H](C)O. The van der Waals surface area contributed by atoms with Gasteiger partial charge in [0, 0.05) is 26.1 Å². The monoisotopic (exact) mass is 1050 g/mol. The number of aliphatic carboxylic acids is 1. The van der Waals surface area contributed by atoms with Gasteiger partial charge < -0.3 is 85.3 Å². The lowest BCUT2D eigenvalue weighted by molar-refractivity contribution is -0.148. The molecule has 0 aromatic carbocycles. The summed E-state index contributed by atoms with van der Waals surface area (Å²) in [6, 6.07) is -12.9. The van der Waals surface area contributed by atoms with Gasteiger partial charge in [-0.05, 0) is 90.4 Å². The van der Waals surface area contributed by atoms with E-state index >= 15 is 0 Å². The van der Waals surface area contributed by atoms with E-state index < -0.39 is 138 Å². The average molecular weight is 1050 g/mol. The number of nitrogens with zero attached hydrogens (tertiary/aromatic N) is 3. The van der Waals surface area contributed by atoms with Crippen LogP contribution in [0.5, 0.6) is 0 Å². The Labute approximate surface area is 430 Å². The summed E-state index contributed by atoms with van der Waals surface area (Å²) in [5.74, 6) is -9.65. The third-order valence-corrected chi connectivity index (χ3v) is 12.3. The van der Waals surface area contributed by atoms with Gasteiger partial charge in [0.2, 0.25) is 59.1 Å². The lowest BCUT2D eigenvalue weighted by Gasteiger charge is -2.33. The zero-order valence-electron chi connectivity index (χ0n) is 43.4. The van der Waals surface area contributed by atoms with Crippen LogP contribution in [0.15, 0.2) is 4.99 Å². The number of primary amides is 1. The fraction of sp³-hybridized carbons (Fsp3) is 0.739. The Kier molecular flexibility index (Phi) is 26.1. The lowest BCUT2D eigenvalue weighted by atomic mass is 10.0. The van der Waals surface area contributed by atoms with Crippen molar-refractivity contribution in [3.63, 3.8) is 0 Å². The van der Waals surface area contributed by atoms with Crippen LogP contribution in [0.25, 0.3) is 0 Å². The van der Waals surface area contributed by atoms with Gasteiger partial charge in [0.25, 0.3) is 0 Å². The number of hydrogen-bond donors (Lipinski definition) is 14. The summed E-state index contributed by atoms with van der Waals surface area (Å²) in [6.07, 6.45) is -0.131. The molecule has 2 aliphatic heterocycles. The Hall–Kier alpha value is -6.68. The number of nitrogens with two attached hydrogens (primary N) is 4. The number of aliphatic imine (C=N–C) groups is 1. The number of carboxylic acids is 1. The molecule has 0 unspecified atom stereocenters. The second-order valence-electron chi connectivity index (χ2n) is 19.7. The molecule has 0 aromatic rings. The van der Waals surface area contributed by atoms with Gasteiger partial charge in [-0.2, -0.15) is 0 Å². The minimum atomic E-state index is -1.69. The van der Waals surface area contributed by atoms with Crippen molar-refractivity contribution < 1.29 is 68.1 Å². The van der Waals surface area contributed by atoms with Crippen molar-refractivity contribution in [3.8, 4) is 0 Å². The second-order valence-corrected chi connectivity index (χ2v) is 19.7. The number of nitrogens with one attached hydrogen (secondary N) is 7. The topological polar surface area (TPSA) is 456 Å². The summed E-state index contributed by atoms with van der Waals surface area (Å²) in [7, 11) is 0. The molecule has 2 heterocycles. The maximum Gasteiger partial charge on any atom is 0.325 e. The van der Waals surface area contributed by atoms with Crippen molar-refractivity contribution in [2.45, 2.75) is 179 Å². The minimum Gasteiger partial charge on any atom is -0.480 e. The third-order valence-electron chi connectivity index (χ3n) is 12.3. The van der Waals surface area contributed by atoms with E-state index in [1.807, 2.05) is 13.8 Å². The number of carbonyl (C=O) groups excluding carboxylic acids is 10. The Morgan fingerprint density at radius 3 is 1.66 bits per heavy atom. The molecule has 74 heavy (non-hydrogen) atoms. The van der Waals surface area contributed by atoms with Gasteiger partial charge in [-0.1, -0.05) is 27.7 Å². The van der Waals surface area contributed by atoms with Crippen molar-refractivity contribution in [3.05, 3.63) is 0 Å². The van der Waals surface area contributed by atoms with Gasteiger partial charge in [0.1, 0.15) is 54.4 Å². The highest BCUT2D eigenvalue weighted by Crippen LogP contribution is 2.26. The molecule has 2 aliphatic rings. The van der Waals surface area contributed by atoms with Gasteiger partial charge in [0.05, 0.1) is 18.8 Å². The maximum atomic E-state index is 14.4. The highest BCUT2D eigenvalue weighted by Gasteiger charge is 2.44. The van der Waals surface area contributed by atoms with Crippen molar-refractivity contribution in [2.75, 3.05) is 26.2 Å². The molecular weight excluding hydrogens is 973 g/mol. The fourth-order valence-corrected chi connectivity index (χ4v) is 8.29. The van der Waals surface area contributed by atoms with Crippen molar-refractivity contribution >= 4 is 71.0 Å². The minimum absolute atomic E-state index is 0.00401. The molecule has 10 amide bonds. The van der Waals surface area contributed by atoms with Crippen molar-refractivity contribution in [1.82, 2.24) is 47.0 Å². The highest BCUT2D eigenvalue weighted by molar-refractivity contribution is 5.99. The number of carboxylic acid groups (broad SMARTS) is 1. The summed E-state index contributed by atoms with van der Waals surface area (Å²) in [5.41, 5.74) is 22.1. The Balaban J connectivity index is 2.28. The van der Waals surface area contributed by atoms with Crippen LogP contribution in [-0.2, 0) is 52.7 Å². The second kappa shape index (κ2) is 30.5. The van der Waals surface area contributed by atoms with Gasteiger partial charge in [-0.15, -0.1) is 0 Å². The fourth-order valence-electron chi connectivity index (χ4n) is 8.29. The summed E-state index contributed by atoms with van der Waals surface area (Å²) in [5, 5.41) is 46.6. The van der Waals surface area contributed by atoms with E-state index in [1.165, 1.54) is 16.7 Å². The number of aliphatic hydroxyl groups excluding tert-OH is 2. The predicted octanol–water partition coefficient (Wildman–Crippen LogP) is -5.40. The molecule has 0 aromatic heterocycles. The predicted molar refractivity (Wildman–Crippen MR) is 266 cm³/mol. The maximum absolute atomic E-state index is 14.4. The van der Waals surface area contributed by atoms with E-state index in [4.69, 9.17) is 28.0 Å². The van der Waals surface area contributed by atoms with Crippen LogP contribution >= 0.6 is 0 Å². The Morgan fingerprint density at radius 1 is 0.608 bits per heavy atom.